The van der Waals surface area contributed by atoms with E-state index in [-0.39, 0.29) is 0 Å². The summed E-state index contributed by atoms with van der Waals surface area (Å²) < 4.78 is 6.13. The molecule has 0 spiro atoms. The molecule has 46 heavy (non-hydrogen) atoms. The number of hydrogen-bond donors (Lipinski definition) is 0. The van der Waals surface area contributed by atoms with Crippen LogP contribution in [0.1, 0.15) is 18.4 Å². The largest absolute Gasteiger partial charge is 0.456 e. The Balaban J connectivity index is 1.11. The quantitative estimate of drug-likeness (QED) is 0.199. The summed E-state index contributed by atoms with van der Waals surface area (Å²) in [6.07, 6.45) is 9.07. The molecule has 9 rings (SSSR count). The molecule has 2 heteroatoms. The van der Waals surface area contributed by atoms with Crippen LogP contribution in [0.15, 0.2) is 168 Å². The van der Waals surface area contributed by atoms with Crippen molar-refractivity contribution < 1.29 is 4.42 Å². The van der Waals surface area contributed by atoms with Crippen LogP contribution in [0.2, 0.25) is 0 Å². The van der Waals surface area contributed by atoms with Gasteiger partial charge in [-0.25, -0.2) is 0 Å². The third-order valence-electron chi connectivity index (χ3n) is 9.26. The SMILES string of the molecule is C1=CC(c2ccc(N(c3ccc(-c4ccc5c(ccc6oc7ccccc7c65)c4)cc3)c3ccc4ccccc4c3)cc2)=CCC1. The molecule has 0 N–H and O–H groups in total. The molecule has 0 saturated carbocycles. The summed E-state index contributed by atoms with van der Waals surface area (Å²) in [4.78, 5) is 2.35. The van der Waals surface area contributed by atoms with Crippen molar-refractivity contribution in [3.8, 4) is 11.1 Å². The summed E-state index contributed by atoms with van der Waals surface area (Å²) in [5, 5.41) is 7.24. The van der Waals surface area contributed by atoms with Crippen LogP contribution in [0, 0.1) is 0 Å². The summed E-state index contributed by atoms with van der Waals surface area (Å²) in [6, 6.07) is 52.5. The first-order valence-electron chi connectivity index (χ1n) is 16.0. The topological polar surface area (TPSA) is 16.4 Å². The van der Waals surface area contributed by atoms with Crippen molar-refractivity contribution in [3.63, 3.8) is 0 Å². The second kappa shape index (κ2) is 10.9. The van der Waals surface area contributed by atoms with Gasteiger partial charge in [0.15, 0.2) is 0 Å². The van der Waals surface area contributed by atoms with E-state index in [4.69, 9.17) is 4.42 Å². The number of rotatable bonds is 5. The molecule has 1 aromatic heterocycles. The highest BCUT2D eigenvalue weighted by atomic mass is 16.3. The Labute approximate surface area is 268 Å². The second-order valence-electron chi connectivity index (χ2n) is 12.1. The van der Waals surface area contributed by atoms with Gasteiger partial charge < -0.3 is 9.32 Å². The Hall–Kier alpha value is -5.86. The van der Waals surface area contributed by atoms with Gasteiger partial charge in [0.25, 0.3) is 0 Å². The van der Waals surface area contributed by atoms with Crippen LogP contribution in [-0.4, -0.2) is 0 Å². The van der Waals surface area contributed by atoms with E-state index in [0.717, 1.165) is 46.5 Å². The predicted molar refractivity (Wildman–Crippen MR) is 195 cm³/mol. The highest BCUT2D eigenvalue weighted by Gasteiger charge is 2.15. The fourth-order valence-corrected chi connectivity index (χ4v) is 6.93. The molecule has 0 bridgehead atoms. The van der Waals surface area contributed by atoms with Gasteiger partial charge in [-0.05, 0) is 111 Å². The summed E-state index contributed by atoms with van der Waals surface area (Å²) in [7, 11) is 0. The third kappa shape index (κ3) is 4.58. The normalized spacial score (nSPS) is 13.1. The van der Waals surface area contributed by atoms with Crippen molar-refractivity contribution in [2.75, 3.05) is 4.90 Å². The van der Waals surface area contributed by atoms with E-state index in [1.54, 1.807) is 0 Å². The Bertz CT molecular complexity index is 2460. The van der Waals surface area contributed by atoms with Crippen LogP contribution < -0.4 is 4.90 Å². The lowest BCUT2D eigenvalue weighted by molar-refractivity contribution is 0.669. The molecular formula is C44H31NO. The first kappa shape index (κ1) is 26.5. The minimum Gasteiger partial charge on any atom is -0.456 e. The smallest absolute Gasteiger partial charge is 0.136 e. The van der Waals surface area contributed by atoms with Crippen LogP contribution >= 0.6 is 0 Å². The van der Waals surface area contributed by atoms with Gasteiger partial charge in [0.1, 0.15) is 11.2 Å². The number of nitrogens with zero attached hydrogens (tertiary/aromatic N) is 1. The monoisotopic (exact) mass is 589 g/mol. The van der Waals surface area contributed by atoms with Crippen LogP contribution in [0.3, 0.4) is 0 Å². The molecule has 8 aromatic rings. The Morgan fingerprint density at radius 1 is 0.457 bits per heavy atom. The van der Waals surface area contributed by atoms with Crippen LogP contribution in [0.4, 0.5) is 17.1 Å². The molecule has 0 atom stereocenters. The summed E-state index contributed by atoms with van der Waals surface area (Å²) in [5.41, 5.74) is 10.2. The Morgan fingerprint density at radius 3 is 1.96 bits per heavy atom. The first-order valence-corrected chi connectivity index (χ1v) is 16.0. The van der Waals surface area contributed by atoms with E-state index < -0.39 is 0 Å². The fraction of sp³-hybridized carbons (Fsp3) is 0.0455. The lowest BCUT2D eigenvalue weighted by Gasteiger charge is -2.26. The zero-order valence-corrected chi connectivity index (χ0v) is 25.4. The van der Waals surface area contributed by atoms with Crippen LogP contribution in [0.5, 0.6) is 0 Å². The van der Waals surface area contributed by atoms with E-state index >= 15 is 0 Å². The average molecular weight is 590 g/mol. The number of anilines is 3. The molecule has 2 nitrogen and oxygen atoms in total. The highest BCUT2D eigenvalue weighted by Crippen LogP contribution is 2.39. The van der Waals surface area contributed by atoms with Crippen molar-refractivity contribution >= 4 is 66.1 Å². The van der Waals surface area contributed by atoms with Crippen molar-refractivity contribution in [2.24, 2.45) is 0 Å². The molecule has 218 valence electrons. The first-order chi connectivity index (χ1) is 22.8. The molecule has 0 amide bonds. The van der Waals surface area contributed by atoms with Gasteiger partial charge in [-0.1, -0.05) is 109 Å². The lowest BCUT2D eigenvalue weighted by atomic mass is 9.98. The minimum absolute atomic E-state index is 0.929. The second-order valence-corrected chi connectivity index (χ2v) is 12.1. The van der Waals surface area contributed by atoms with Crippen molar-refractivity contribution in [1.82, 2.24) is 0 Å². The van der Waals surface area contributed by atoms with Crippen molar-refractivity contribution in [3.05, 3.63) is 169 Å². The average Bonchev–Trinajstić information content (AvgIpc) is 3.52. The minimum atomic E-state index is 0.929. The van der Waals surface area contributed by atoms with E-state index in [2.05, 4.69) is 157 Å². The maximum Gasteiger partial charge on any atom is 0.136 e. The fourth-order valence-electron chi connectivity index (χ4n) is 6.93. The predicted octanol–water partition coefficient (Wildman–Crippen LogP) is 12.8. The van der Waals surface area contributed by atoms with Crippen molar-refractivity contribution in [2.45, 2.75) is 12.8 Å². The van der Waals surface area contributed by atoms with E-state index in [9.17, 15) is 0 Å². The molecule has 0 aliphatic heterocycles. The number of furan rings is 1. The number of allylic oxidation sites excluding steroid dienone is 4. The molecule has 1 heterocycles. The molecule has 1 aliphatic carbocycles. The van der Waals surface area contributed by atoms with Gasteiger partial charge in [-0.15, -0.1) is 0 Å². The van der Waals surface area contributed by atoms with Gasteiger partial charge in [-0.3, -0.25) is 0 Å². The maximum atomic E-state index is 6.13. The van der Waals surface area contributed by atoms with Crippen molar-refractivity contribution in [1.29, 1.82) is 0 Å². The molecule has 0 radical (unpaired) electrons. The molecule has 0 fully saturated rings. The third-order valence-corrected chi connectivity index (χ3v) is 9.26. The highest BCUT2D eigenvalue weighted by molar-refractivity contribution is 6.19. The molecular weight excluding hydrogens is 558 g/mol. The van der Waals surface area contributed by atoms with Gasteiger partial charge in [0.05, 0.1) is 0 Å². The summed E-state index contributed by atoms with van der Waals surface area (Å²) in [6.45, 7) is 0. The number of para-hydroxylation sites is 1. The number of benzene rings is 7. The van der Waals surface area contributed by atoms with Gasteiger partial charge in [0, 0.05) is 27.8 Å². The summed E-state index contributed by atoms with van der Waals surface area (Å²) >= 11 is 0. The Kier molecular flexibility index (Phi) is 6.31. The molecule has 0 unspecified atom stereocenters. The lowest BCUT2D eigenvalue weighted by Crippen LogP contribution is -2.10. The molecule has 1 aliphatic rings. The van der Waals surface area contributed by atoms with Crippen LogP contribution in [-0.2, 0) is 0 Å². The zero-order valence-electron chi connectivity index (χ0n) is 25.4. The maximum absolute atomic E-state index is 6.13. The number of fused-ring (bicyclic) bond motifs is 6. The van der Waals surface area contributed by atoms with Gasteiger partial charge >= 0.3 is 0 Å². The zero-order chi connectivity index (χ0) is 30.5. The standard InChI is InChI=1S/C44H31NO/c1-2-8-30(9-3-1)32-14-21-37(22-15-32)45(39-25-18-31-10-4-5-11-34(31)29-39)38-23-16-33(17-24-38)35-19-26-40-36(28-35)20-27-43-44(40)41-12-6-7-13-42(41)46-43/h2,4-29H,1,3H2. The van der Waals surface area contributed by atoms with Crippen LogP contribution in [0.25, 0.3) is 60.2 Å². The molecule has 7 aromatic carbocycles. The van der Waals surface area contributed by atoms with E-state index in [1.165, 1.54) is 49.2 Å². The number of hydrogen-bond acceptors (Lipinski definition) is 2. The summed E-state index contributed by atoms with van der Waals surface area (Å²) in [5.74, 6) is 0. The van der Waals surface area contributed by atoms with E-state index in [1.807, 2.05) is 12.1 Å². The Morgan fingerprint density at radius 2 is 1.15 bits per heavy atom. The molecule has 0 saturated heterocycles. The van der Waals surface area contributed by atoms with Gasteiger partial charge in [-0.2, -0.15) is 0 Å². The van der Waals surface area contributed by atoms with Gasteiger partial charge in [0.2, 0.25) is 0 Å². The van der Waals surface area contributed by atoms with E-state index in [0.29, 0.717) is 0 Å².